The van der Waals surface area contributed by atoms with Gasteiger partial charge in [-0.3, -0.25) is 15.0 Å². The second kappa shape index (κ2) is 7.93. The van der Waals surface area contributed by atoms with Gasteiger partial charge < -0.3 is 15.2 Å². The van der Waals surface area contributed by atoms with Gasteiger partial charge in [-0.05, 0) is 41.8 Å². The number of nitrogens with zero attached hydrogens (tertiary/aromatic N) is 2. The Kier molecular flexibility index (Phi) is 4.95. The summed E-state index contributed by atoms with van der Waals surface area (Å²) in [5, 5.41) is 35.2. The second-order valence-corrected chi connectivity index (χ2v) is 10.0. The van der Waals surface area contributed by atoms with Crippen LogP contribution in [-0.2, 0) is 24.8 Å². The smallest absolute Gasteiger partial charge is 0.293 e. The number of aliphatic hydroxyl groups is 1. The molecule has 3 aromatic carbocycles. The third-order valence-corrected chi connectivity index (χ3v) is 8.03. The lowest BCUT2D eigenvalue weighted by Crippen LogP contribution is -2.66. The molecule has 178 valence electrons. The number of aromatic nitrogens is 1. The molecule has 2 aliphatic rings. The number of nitrogens with one attached hydrogen (secondary N) is 1. The highest BCUT2D eigenvalue weighted by atomic mass is 16.6. The number of aromatic hydroxyl groups is 1. The normalized spacial score (nSPS) is 24.1. The van der Waals surface area contributed by atoms with Crippen LogP contribution in [0.3, 0.4) is 0 Å². The van der Waals surface area contributed by atoms with Crippen LogP contribution in [0.2, 0.25) is 0 Å². The topological polar surface area (TPSA) is 103 Å². The Morgan fingerprint density at radius 2 is 1.83 bits per heavy atom. The molecule has 6 rings (SSSR count). The Labute approximate surface area is 202 Å². The number of fused-ring (bicyclic) bond motifs is 4. The van der Waals surface area contributed by atoms with E-state index < -0.39 is 11.0 Å². The molecule has 0 radical (unpaired) electrons. The van der Waals surface area contributed by atoms with Gasteiger partial charge in [0.15, 0.2) is 0 Å². The molecule has 2 unspecified atom stereocenters. The summed E-state index contributed by atoms with van der Waals surface area (Å²) in [5.74, 6) is 0.170. The summed E-state index contributed by atoms with van der Waals surface area (Å²) in [6, 6.07) is 22.6. The minimum atomic E-state index is -1.11. The van der Waals surface area contributed by atoms with Crippen LogP contribution >= 0.6 is 0 Å². The second-order valence-electron chi connectivity index (χ2n) is 10.0. The molecular weight excluding hydrogens is 442 g/mol. The molecule has 0 saturated carbocycles. The van der Waals surface area contributed by atoms with Crippen LogP contribution in [0, 0.1) is 10.1 Å². The van der Waals surface area contributed by atoms with Crippen molar-refractivity contribution in [2.45, 2.75) is 36.8 Å². The minimum absolute atomic E-state index is 0.0453. The van der Waals surface area contributed by atoms with Crippen LogP contribution in [0.15, 0.2) is 72.8 Å². The number of para-hydroxylation sites is 1. The maximum absolute atomic E-state index is 12.5. The van der Waals surface area contributed by atoms with Gasteiger partial charge in [0, 0.05) is 48.5 Å². The first kappa shape index (κ1) is 21.8. The van der Waals surface area contributed by atoms with Crippen molar-refractivity contribution in [3.8, 4) is 5.75 Å². The highest BCUT2D eigenvalue weighted by Crippen LogP contribution is 2.52. The quantitative estimate of drug-likeness (QED) is 0.303. The summed E-state index contributed by atoms with van der Waals surface area (Å²) in [7, 11) is 0. The van der Waals surface area contributed by atoms with Gasteiger partial charge >= 0.3 is 0 Å². The van der Waals surface area contributed by atoms with Crippen LogP contribution in [0.1, 0.15) is 28.8 Å². The summed E-state index contributed by atoms with van der Waals surface area (Å²) >= 11 is 0. The van der Waals surface area contributed by atoms with E-state index in [2.05, 4.69) is 22.0 Å². The molecule has 1 aliphatic carbocycles. The third-order valence-electron chi connectivity index (χ3n) is 8.03. The van der Waals surface area contributed by atoms with Crippen LogP contribution in [0.4, 0.5) is 5.69 Å². The van der Waals surface area contributed by atoms with Gasteiger partial charge in [-0.2, -0.15) is 0 Å². The van der Waals surface area contributed by atoms with Crippen molar-refractivity contribution in [3.63, 3.8) is 0 Å². The van der Waals surface area contributed by atoms with Crippen molar-refractivity contribution in [1.29, 1.82) is 0 Å². The molecule has 0 spiro atoms. The molecule has 2 heterocycles. The van der Waals surface area contributed by atoms with E-state index in [-0.39, 0.29) is 16.4 Å². The van der Waals surface area contributed by atoms with E-state index in [1.165, 1.54) is 11.6 Å². The van der Waals surface area contributed by atoms with E-state index in [1.807, 2.05) is 36.4 Å². The van der Waals surface area contributed by atoms with Crippen molar-refractivity contribution >= 4 is 16.6 Å². The van der Waals surface area contributed by atoms with Crippen molar-refractivity contribution in [1.82, 2.24) is 9.88 Å². The third kappa shape index (κ3) is 3.42. The number of phenolic OH excluding ortho intramolecular Hbond substituents is 1. The van der Waals surface area contributed by atoms with Gasteiger partial charge in [0.25, 0.3) is 5.69 Å². The fourth-order valence-corrected chi connectivity index (χ4v) is 6.37. The molecule has 1 aliphatic heterocycles. The molecule has 1 aromatic heterocycles. The first-order chi connectivity index (χ1) is 16.9. The Morgan fingerprint density at radius 3 is 2.60 bits per heavy atom. The minimum Gasteiger partial charge on any atom is -0.508 e. The lowest BCUT2D eigenvalue weighted by atomic mass is 9.56. The lowest BCUT2D eigenvalue weighted by molar-refractivity contribution is -0.383. The summed E-state index contributed by atoms with van der Waals surface area (Å²) < 4.78 is 0. The van der Waals surface area contributed by atoms with Crippen LogP contribution in [0.25, 0.3) is 10.9 Å². The summed E-state index contributed by atoms with van der Waals surface area (Å²) in [6.45, 7) is 2.01. The number of non-ortho nitro benzene ring substituents is 1. The van der Waals surface area contributed by atoms with Crippen molar-refractivity contribution < 1.29 is 15.1 Å². The van der Waals surface area contributed by atoms with E-state index in [4.69, 9.17) is 0 Å². The van der Waals surface area contributed by atoms with E-state index in [0.717, 1.165) is 35.3 Å². The monoisotopic (exact) mass is 469 g/mol. The predicted octanol–water partition coefficient (Wildman–Crippen LogP) is 4.46. The lowest BCUT2D eigenvalue weighted by Gasteiger charge is -2.56. The summed E-state index contributed by atoms with van der Waals surface area (Å²) in [4.78, 5) is 17.0. The number of hydrogen-bond acceptors (Lipinski definition) is 5. The molecule has 4 aromatic rings. The molecule has 3 N–H and O–H groups in total. The number of aromatic amines is 1. The molecular formula is C28H27N3O4. The Bertz CT molecular complexity index is 1430. The maximum atomic E-state index is 12.5. The zero-order chi connectivity index (χ0) is 24.2. The van der Waals surface area contributed by atoms with Gasteiger partial charge in [0.2, 0.25) is 0 Å². The number of nitro groups is 1. The first-order valence-corrected chi connectivity index (χ1v) is 11.9. The highest BCUT2D eigenvalue weighted by molar-refractivity contribution is 5.92. The first-order valence-electron chi connectivity index (χ1n) is 11.9. The molecule has 2 atom stereocenters. The molecule has 0 bridgehead atoms. The number of nitro benzene ring substituents is 1. The molecule has 7 heteroatoms. The van der Waals surface area contributed by atoms with E-state index in [0.29, 0.717) is 31.3 Å². The fourth-order valence-electron chi connectivity index (χ4n) is 6.37. The van der Waals surface area contributed by atoms with Gasteiger partial charge in [0.1, 0.15) is 11.3 Å². The molecule has 1 saturated heterocycles. The average Bonchev–Trinajstić information content (AvgIpc) is 3.19. The highest BCUT2D eigenvalue weighted by Gasteiger charge is 2.57. The van der Waals surface area contributed by atoms with Gasteiger partial charge in [-0.1, -0.05) is 54.6 Å². The van der Waals surface area contributed by atoms with Crippen LogP contribution in [0.5, 0.6) is 5.75 Å². The fraction of sp³-hybridized carbons (Fsp3) is 0.286. The zero-order valence-corrected chi connectivity index (χ0v) is 19.3. The summed E-state index contributed by atoms with van der Waals surface area (Å²) in [6.07, 6.45) is 1.61. The van der Waals surface area contributed by atoms with Gasteiger partial charge in [0.05, 0.1) is 10.5 Å². The number of benzene rings is 3. The number of hydrogen-bond donors (Lipinski definition) is 3. The molecule has 35 heavy (non-hydrogen) atoms. The number of β-amino-alcohol motifs (C(OH)–C–C–N with tert-alkyl or cyclic N) is 1. The van der Waals surface area contributed by atoms with E-state index in [9.17, 15) is 20.3 Å². The van der Waals surface area contributed by atoms with E-state index in [1.54, 1.807) is 18.2 Å². The summed E-state index contributed by atoms with van der Waals surface area (Å²) in [5.41, 5.74) is 2.80. The van der Waals surface area contributed by atoms with Gasteiger partial charge in [-0.25, -0.2) is 0 Å². The number of phenols is 1. The number of H-pyrrole nitrogens is 1. The molecule has 1 fully saturated rings. The van der Waals surface area contributed by atoms with Crippen molar-refractivity contribution in [2.24, 2.45) is 0 Å². The molecule has 7 nitrogen and oxygen atoms in total. The zero-order valence-electron chi connectivity index (χ0n) is 19.3. The molecule has 0 amide bonds. The average molecular weight is 470 g/mol. The number of piperidine rings is 1. The predicted molar refractivity (Wildman–Crippen MR) is 133 cm³/mol. The van der Waals surface area contributed by atoms with E-state index >= 15 is 0 Å². The Balaban J connectivity index is 1.48. The van der Waals surface area contributed by atoms with Gasteiger partial charge in [-0.15, -0.1) is 0 Å². The standard InChI is InChI=1S/C28H27N3O4/c32-21-9-4-8-20(14-21)27-12-13-30(17-19-6-2-1-3-7-19)18-28(27,33)15-23-22-10-5-11-25(31(34)35)26(22)29-24(23)16-27/h1-11,14,29,32-33H,12-13,15-18H2. The van der Waals surface area contributed by atoms with Crippen molar-refractivity contribution in [3.05, 3.63) is 105 Å². The van der Waals surface area contributed by atoms with Crippen LogP contribution in [-0.4, -0.2) is 43.7 Å². The maximum Gasteiger partial charge on any atom is 0.293 e. The Morgan fingerprint density at radius 1 is 1.03 bits per heavy atom. The Hall–Kier alpha value is -3.68. The van der Waals surface area contributed by atoms with Crippen molar-refractivity contribution in [2.75, 3.05) is 13.1 Å². The number of likely N-dealkylation sites (tertiary alicyclic amines) is 1. The largest absolute Gasteiger partial charge is 0.508 e. The SMILES string of the molecule is O=[N+]([O-])c1cccc2c3c([nH]c12)CC1(c2cccc(O)c2)CCN(Cc2ccccc2)CC1(O)C3. The number of rotatable bonds is 4. The van der Waals surface area contributed by atoms with Crippen LogP contribution < -0.4 is 0 Å².